The van der Waals surface area contributed by atoms with E-state index in [1.165, 1.54) is 12.1 Å². The Morgan fingerprint density at radius 3 is 2.78 bits per heavy atom. The molecule has 0 bridgehead atoms. The van der Waals surface area contributed by atoms with Crippen LogP contribution in [0.1, 0.15) is 18.6 Å². The van der Waals surface area contributed by atoms with Crippen molar-refractivity contribution in [3.63, 3.8) is 0 Å². The van der Waals surface area contributed by atoms with Crippen molar-refractivity contribution in [2.45, 2.75) is 19.1 Å². The average molecular weight is 253 g/mol. The highest BCUT2D eigenvalue weighted by molar-refractivity contribution is 5.72. The molecule has 1 aliphatic heterocycles. The van der Waals surface area contributed by atoms with Crippen LogP contribution in [0.25, 0.3) is 0 Å². The van der Waals surface area contributed by atoms with Crippen LogP contribution in [0.15, 0.2) is 24.3 Å². The Kier molecular flexibility index (Phi) is 3.93. The van der Waals surface area contributed by atoms with Crippen LogP contribution in [-0.4, -0.2) is 41.7 Å². The van der Waals surface area contributed by atoms with E-state index < -0.39 is 12.0 Å². The molecule has 0 spiro atoms. The van der Waals surface area contributed by atoms with Crippen molar-refractivity contribution in [1.82, 2.24) is 4.90 Å². The lowest BCUT2D eigenvalue weighted by Gasteiger charge is -2.35. The lowest BCUT2D eigenvalue weighted by atomic mass is 10.1. The van der Waals surface area contributed by atoms with Gasteiger partial charge in [0.15, 0.2) is 0 Å². The van der Waals surface area contributed by atoms with Crippen LogP contribution in [-0.2, 0) is 9.53 Å². The molecule has 1 aromatic carbocycles. The minimum absolute atomic E-state index is 0.193. The lowest BCUT2D eigenvalue weighted by molar-refractivity contribution is -0.145. The number of carboxylic acids is 1. The fourth-order valence-electron chi connectivity index (χ4n) is 2.06. The minimum atomic E-state index is -0.838. The molecule has 2 atom stereocenters. The normalized spacial score (nSPS) is 22.7. The molecular formula is C13H16FNO3. The molecule has 18 heavy (non-hydrogen) atoms. The third kappa shape index (κ3) is 2.86. The van der Waals surface area contributed by atoms with Gasteiger partial charge >= 0.3 is 5.97 Å². The second kappa shape index (κ2) is 5.46. The molecule has 0 saturated carbocycles. The van der Waals surface area contributed by atoms with Crippen LogP contribution >= 0.6 is 0 Å². The highest BCUT2D eigenvalue weighted by atomic mass is 19.1. The molecule has 1 N–H and O–H groups in total. The maximum absolute atomic E-state index is 12.8. The van der Waals surface area contributed by atoms with E-state index in [-0.39, 0.29) is 11.9 Å². The van der Waals surface area contributed by atoms with Crippen molar-refractivity contribution in [1.29, 1.82) is 0 Å². The van der Waals surface area contributed by atoms with Gasteiger partial charge in [-0.2, -0.15) is 0 Å². The van der Waals surface area contributed by atoms with Gasteiger partial charge in [-0.05, 0) is 24.6 Å². The monoisotopic (exact) mass is 253 g/mol. The first-order chi connectivity index (χ1) is 8.58. The van der Waals surface area contributed by atoms with Gasteiger partial charge in [0.2, 0.25) is 0 Å². The van der Waals surface area contributed by atoms with Crippen LogP contribution < -0.4 is 0 Å². The largest absolute Gasteiger partial charge is 0.480 e. The third-order valence-corrected chi connectivity index (χ3v) is 3.24. The number of hydrogen-bond acceptors (Lipinski definition) is 3. The number of morpholine rings is 1. The van der Waals surface area contributed by atoms with Gasteiger partial charge in [0.05, 0.1) is 12.7 Å². The molecule has 1 saturated heterocycles. The summed E-state index contributed by atoms with van der Waals surface area (Å²) in [6, 6.07) is 5.59. The molecule has 1 aromatic rings. The highest BCUT2D eigenvalue weighted by Crippen LogP contribution is 2.23. The van der Waals surface area contributed by atoms with E-state index in [1.54, 1.807) is 19.1 Å². The van der Waals surface area contributed by atoms with Gasteiger partial charge in [0.1, 0.15) is 11.9 Å². The standard InChI is InChI=1S/C13H16FNO3/c1-9(13(16)17)15-6-7-18-12(8-15)10-2-4-11(14)5-3-10/h2-5,9,12H,6-8H2,1H3,(H,16,17)/t9-,12-/m0/s1. The number of nitrogens with zero attached hydrogens (tertiary/aromatic N) is 1. The van der Waals surface area contributed by atoms with Crippen molar-refractivity contribution in [2.75, 3.05) is 19.7 Å². The second-order valence-corrected chi connectivity index (χ2v) is 4.42. The Morgan fingerprint density at radius 2 is 2.17 bits per heavy atom. The smallest absolute Gasteiger partial charge is 0.320 e. The predicted molar refractivity (Wildman–Crippen MR) is 63.8 cm³/mol. The summed E-state index contributed by atoms with van der Waals surface area (Å²) in [6.07, 6.45) is -0.193. The summed E-state index contributed by atoms with van der Waals surface area (Å²) in [6.45, 7) is 3.26. The Labute approximate surface area is 105 Å². The van der Waals surface area contributed by atoms with Crippen molar-refractivity contribution in [3.05, 3.63) is 35.6 Å². The number of rotatable bonds is 3. The van der Waals surface area contributed by atoms with Gasteiger partial charge in [-0.15, -0.1) is 0 Å². The van der Waals surface area contributed by atoms with E-state index in [0.717, 1.165) is 5.56 Å². The van der Waals surface area contributed by atoms with Crippen LogP contribution in [0.3, 0.4) is 0 Å². The van der Waals surface area contributed by atoms with Gasteiger partial charge in [0, 0.05) is 13.1 Å². The van der Waals surface area contributed by atoms with Gasteiger partial charge in [0.25, 0.3) is 0 Å². The van der Waals surface area contributed by atoms with E-state index in [1.807, 2.05) is 4.90 Å². The number of hydrogen-bond donors (Lipinski definition) is 1. The molecule has 98 valence electrons. The van der Waals surface area contributed by atoms with Gasteiger partial charge < -0.3 is 9.84 Å². The third-order valence-electron chi connectivity index (χ3n) is 3.24. The number of ether oxygens (including phenoxy) is 1. The molecule has 4 nitrogen and oxygen atoms in total. The van der Waals surface area contributed by atoms with Gasteiger partial charge in [-0.3, -0.25) is 9.69 Å². The summed E-state index contributed by atoms with van der Waals surface area (Å²) in [5, 5.41) is 9.00. The van der Waals surface area contributed by atoms with E-state index in [9.17, 15) is 9.18 Å². The van der Waals surface area contributed by atoms with Crippen LogP contribution in [0, 0.1) is 5.82 Å². The number of aliphatic carboxylic acids is 1. The molecule has 1 aliphatic rings. The van der Waals surface area contributed by atoms with Crippen LogP contribution in [0.5, 0.6) is 0 Å². The Hall–Kier alpha value is -1.46. The van der Waals surface area contributed by atoms with Crippen LogP contribution in [0.2, 0.25) is 0 Å². The molecule has 0 unspecified atom stereocenters. The number of carbonyl (C=O) groups is 1. The Balaban J connectivity index is 2.06. The van der Waals surface area contributed by atoms with Crippen molar-refractivity contribution < 1.29 is 19.0 Å². The van der Waals surface area contributed by atoms with E-state index in [0.29, 0.717) is 19.7 Å². The SMILES string of the molecule is C[C@@H](C(=O)O)N1CCO[C@H](c2ccc(F)cc2)C1. The average Bonchev–Trinajstić information content (AvgIpc) is 2.38. The summed E-state index contributed by atoms with van der Waals surface area (Å²) in [4.78, 5) is 12.8. The van der Waals surface area contributed by atoms with E-state index in [4.69, 9.17) is 9.84 Å². The summed E-state index contributed by atoms with van der Waals surface area (Å²) >= 11 is 0. The fraction of sp³-hybridized carbons (Fsp3) is 0.462. The minimum Gasteiger partial charge on any atom is -0.480 e. The van der Waals surface area contributed by atoms with Crippen molar-refractivity contribution in [2.24, 2.45) is 0 Å². The first kappa shape index (κ1) is 13.0. The van der Waals surface area contributed by atoms with Gasteiger partial charge in [-0.25, -0.2) is 4.39 Å². The maximum Gasteiger partial charge on any atom is 0.320 e. The number of benzene rings is 1. The molecule has 1 fully saturated rings. The second-order valence-electron chi connectivity index (χ2n) is 4.42. The molecule has 5 heteroatoms. The van der Waals surface area contributed by atoms with Gasteiger partial charge in [-0.1, -0.05) is 12.1 Å². The molecule has 0 radical (unpaired) electrons. The highest BCUT2D eigenvalue weighted by Gasteiger charge is 2.28. The van der Waals surface area contributed by atoms with Crippen molar-refractivity contribution >= 4 is 5.97 Å². The summed E-state index contributed by atoms with van der Waals surface area (Å²) in [5.74, 6) is -1.12. The maximum atomic E-state index is 12.8. The van der Waals surface area contributed by atoms with Crippen molar-refractivity contribution in [3.8, 4) is 0 Å². The molecule has 1 heterocycles. The molecule has 0 aromatic heterocycles. The number of halogens is 1. The van der Waals surface area contributed by atoms with E-state index >= 15 is 0 Å². The molecular weight excluding hydrogens is 237 g/mol. The number of carboxylic acid groups (broad SMARTS) is 1. The zero-order valence-electron chi connectivity index (χ0n) is 10.2. The topological polar surface area (TPSA) is 49.8 Å². The Bertz CT molecular complexity index is 421. The molecule has 0 amide bonds. The quantitative estimate of drug-likeness (QED) is 0.890. The lowest BCUT2D eigenvalue weighted by Crippen LogP contribution is -2.46. The summed E-state index contributed by atoms with van der Waals surface area (Å²) in [7, 11) is 0. The molecule has 2 rings (SSSR count). The summed E-state index contributed by atoms with van der Waals surface area (Å²) in [5.41, 5.74) is 0.874. The fourth-order valence-corrected chi connectivity index (χ4v) is 2.06. The first-order valence-corrected chi connectivity index (χ1v) is 5.92. The zero-order valence-corrected chi connectivity index (χ0v) is 10.2. The summed E-state index contributed by atoms with van der Waals surface area (Å²) < 4.78 is 18.4. The predicted octanol–water partition coefficient (Wildman–Crippen LogP) is 1.67. The molecule has 0 aliphatic carbocycles. The zero-order chi connectivity index (χ0) is 13.1. The van der Waals surface area contributed by atoms with Crippen LogP contribution in [0.4, 0.5) is 4.39 Å². The Morgan fingerprint density at radius 1 is 1.50 bits per heavy atom. The first-order valence-electron chi connectivity index (χ1n) is 5.92. The van der Waals surface area contributed by atoms with E-state index in [2.05, 4.69) is 0 Å².